The molecule has 0 saturated heterocycles. The topological polar surface area (TPSA) is 106 Å². The SMILES string of the molecule is CCCCc1cc(=O)oc2cc(O[C@@H](C)C(=O)N[C@H](CCC)C(=O)O)ccc12. The number of rotatable bonds is 10. The molecule has 0 spiro atoms. The van der Waals surface area contributed by atoms with Crippen LogP contribution in [0.25, 0.3) is 11.0 Å². The molecule has 1 heterocycles. The van der Waals surface area contributed by atoms with Gasteiger partial charge >= 0.3 is 11.6 Å². The normalized spacial score (nSPS) is 13.1. The Bertz CT molecular complexity index is 888. The van der Waals surface area contributed by atoms with Crippen LogP contribution >= 0.6 is 0 Å². The van der Waals surface area contributed by atoms with Crippen LogP contribution in [0.3, 0.4) is 0 Å². The molecular formula is C21H27NO6. The molecule has 1 amide bonds. The van der Waals surface area contributed by atoms with Crippen LogP contribution in [0, 0.1) is 0 Å². The maximum absolute atomic E-state index is 12.3. The number of hydrogen-bond acceptors (Lipinski definition) is 5. The van der Waals surface area contributed by atoms with Gasteiger partial charge in [-0.2, -0.15) is 0 Å². The lowest BCUT2D eigenvalue weighted by atomic mass is 10.0. The molecule has 1 aromatic carbocycles. The number of aliphatic carboxylic acids is 1. The second-order valence-corrected chi connectivity index (χ2v) is 6.80. The highest BCUT2D eigenvalue weighted by molar-refractivity contribution is 5.86. The number of hydrogen-bond donors (Lipinski definition) is 2. The lowest BCUT2D eigenvalue weighted by Gasteiger charge is -2.18. The Morgan fingerprint density at radius 3 is 2.61 bits per heavy atom. The van der Waals surface area contributed by atoms with Crippen molar-refractivity contribution in [3.8, 4) is 5.75 Å². The lowest BCUT2D eigenvalue weighted by molar-refractivity contribution is -0.143. The zero-order chi connectivity index (χ0) is 20.7. The van der Waals surface area contributed by atoms with Gasteiger partial charge in [0.15, 0.2) is 6.10 Å². The van der Waals surface area contributed by atoms with Gasteiger partial charge in [0.1, 0.15) is 17.4 Å². The van der Waals surface area contributed by atoms with Gasteiger partial charge in [0.2, 0.25) is 0 Å². The molecule has 7 heteroatoms. The van der Waals surface area contributed by atoms with E-state index < -0.39 is 29.6 Å². The van der Waals surface area contributed by atoms with Gasteiger partial charge in [-0.25, -0.2) is 9.59 Å². The fourth-order valence-electron chi connectivity index (χ4n) is 2.95. The van der Waals surface area contributed by atoms with E-state index in [0.717, 1.165) is 30.2 Å². The molecule has 0 bridgehead atoms. The molecule has 0 fully saturated rings. The van der Waals surface area contributed by atoms with Crippen molar-refractivity contribution in [2.45, 2.75) is 65.0 Å². The molecule has 0 aliphatic rings. The third kappa shape index (κ3) is 5.58. The zero-order valence-electron chi connectivity index (χ0n) is 16.5. The van der Waals surface area contributed by atoms with Gasteiger partial charge in [-0.1, -0.05) is 26.7 Å². The first-order valence-corrected chi connectivity index (χ1v) is 9.62. The summed E-state index contributed by atoms with van der Waals surface area (Å²) in [5.74, 6) is -1.22. The Hall–Kier alpha value is -2.83. The van der Waals surface area contributed by atoms with E-state index in [-0.39, 0.29) is 0 Å². The summed E-state index contributed by atoms with van der Waals surface area (Å²) in [6.07, 6.45) is 2.85. The smallest absolute Gasteiger partial charge is 0.336 e. The number of benzene rings is 1. The van der Waals surface area contributed by atoms with Crippen LogP contribution in [0.2, 0.25) is 0 Å². The van der Waals surface area contributed by atoms with Crippen molar-refractivity contribution in [3.63, 3.8) is 0 Å². The van der Waals surface area contributed by atoms with Crippen molar-refractivity contribution < 1.29 is 23.8 Å². The molecule has 7 nitrogen and oxygen atoms in total. The predicted octanol–water partition coefficient (Wildman–Crippen LogP) is 3.27. The number of carboxylic acids is 1. The van der Waals surface area contributed by atoms with Crippen molar-refractivity contribution >= 4 is 22.8 Å². The number of carbonyl (C=O) groups excluding carboxylic acids is 1. The number of unbranched alkanes of at least 4 members (excludes halogenated alkanes) is 1. The summed E-state index contributed by atoms with van der Waals surface area (Å²) in [6, 6.07) is 5.66. The summed E-state index contributed by atoms with van der Waals surface area (Å²) in [6.45, 7) is 5.47. The first-order valence-electron chi connectivity index (χ1n) is 9.62. The Morgan fingerprint density at radius 1 is 1.21 bits per heavy atom. The average molecular weight is 389 g/mol. The highest BCUT2D eigenvalue weighted by Gasteiger charge is 2.23. The highest BCUT2D eigenvalue weighted by atomic mass is 16.5. The van der Waals surface area contributed by atoms with E-state index >= 15 is 0 Å². The molecule has 0 unspecified atom stereocenters. The van der Waals surface area contributed by atoms with Crippen LogP contribution < -0.4 is 15.7 Å². The Morgan fingerprint density at radius 2 is 1.96 bits per heavy atom. The van der Waals surface area contributed by atoms with E-state index in [1.54, 1.807) is 18.2 Å². The second-order valence-electron chi connectivity index (χ2n) is 6.80. The molecule has 2 rings (SSSR count). The van der Waals surface area contributed by atoms with Gasteiger partial charge in [0.05, 0.1) is 0 Å². The van der Waals surface area contributed by atoms with Crippen molar-refractivity contribution in [2.75, 3.05) is 0 Å². The van der Waals surface area contributed by atoms with E-state index in [4.69, 9.17) is 14.3 Å². The molecule has 2 aromatic rings. The molecule has 2 atom stereocenters. The average Bonchev–Trinajstić information content (AvgIpc) is 2.65. The molecule has 28 heavy (non-hydrogen) atoms. The van der Waals surface area contributed by atoms with Crippen LogP contribution in [0.4, 0.5) is 0 Å². The molecular weight excluding hydrogens is 362 g/mol. The predicted molar refractivity (Wildman–Crippen MR) is 106 cm³/mol. The molecule has 0 aliphatic heterocycles. The lowest BCUT2D eigenvalue weighted by Crippen LogP contribution is -2.46. The summed E-state index contributed by atoms with van der Waals surface area (Å²) in [5.41, 5.74) is 0.901. The molecule has 152 valence electrons. The summed E-state index contributed by atoms with van der Waals surface area (Å²) in [4.78, 5) is 35.3. The fourth-order valence-corrected chi connectivity index (χ4v) is 2.95. The number of nitrogens with one attached hydrogen (secondary N) is 1. The number of fused-ring (bicyclic) bond motifs is 1. The maximum Gasteiger partial charge on any atom is 0.336 e. The summed E-state index contributed by atoms with van der Waals surface area (Å²) in [7, 11) is 0. The Kier molecular flexibility index (Phi) is 7.61. The van der Waals surface area contributed by atoms with Gasteiger partial charge in [-0.15, -0.1) is 0 Å². The Balaban J connectivity index is 2.16. The van der Waals surface area contributed by atoms with Crippen molar-refractivity contribution in [1.29, 1.82) is 0 Å². The summed E-state index contributed by atoms with van der Waals surface area (Å²) in [5, 5.41) is 12.5. The summed E-state index contributed by atoms with van der Waals surface area (Å²) >= 11 is 0. The highest BCUT2D eigenvalue weighted by Crippen LogP contribution is 2.24. The van der Waals surface area contributed by atoms with E-state index in [1.165, 1.54) is 13.0 Å². The monoisotopic (exact) mass is 389 g/mol. The maximum atomic E-state index is 12.3. The molecule has 0 aliphatic carbocycles. The number of carbonyl (C=O) groups is 2. The van der Waals surface area contributed by atoms with Crippen molar-refractivity contribution in [2.24, 2.45) is 0 Å². The fraction of sp³-hybridized carbons (Fsp3) is 0.476. The van der Waals surface area contributed by atoms with Crippen molar-refractivity contribution in [1.82, 2.24) is 5.32 Å². The quantitative estimate of drug-likeness (QED) is 0.604. The van der Waals surface area contributed by atoms with Crippen molar-refractivity contribution in [3.05, 3.63) is 40.2 Å². The minimum atomic E-state index is -1.07. The largest absolute Gasteiger partial charge is 0.481 e. The Labute approximate surface area is 163 Å². The zero-order valence-corrected chi connectivity index (χ0v) is 16.5. The first kappa shape index (κ1) is 21.5. The minimum Gasteiger partial charge on any atom is -0.481 e. The number of amides is 1. The molecule has 2 N–H and O–H groups in total. The molecule has 0 saturated carbocycles. The minimum absolute atomic E-state index is 0.343. The van der Waals surface area contributed by atoms with Crippen LogP contribution in [0.5, 0.6) is 5.75 Å². The van der Waals surface area contributed by atoms with Crippen LogP contribution in [-0.4, -0.2) is 29.1 Å². The van der Waals surface area contributed by atoms with Gasteiger partial charge in [-0.05, 0) is 43.9 Å². The van der Waals surface area contributed by atoms with Crippen LogP contribution in [0.15, 0.2) is 33.5 Å². The number of ether oxygens (including phenoxy) is 1. The first-order chi connectivity index (χ1) is 13.3. The van der Waals surface area contributed by atoms with Crippen LogP contribution in [0.1, 0.15) is 52.0 Å². The van der Waals surface area contributed by atoms with E-state index in [9.17, 15) is 14.4 Å². The molecule has 1 aromatic heterocycles. The third-order valence-corrected chi connectivity index (χ3v) is 4.48. The van der Waals surface area contributed by atoms with E-state index in [0.29, 0.717) is 24.2 Å². The van der Waals surface area contributed by atoms with E-state index in [1.807, 2.05) is 6.92 Å². The standard InChI is InChI=1S/C21H27NO6/c1-4-6-8-14-11-19(23)28-18-12-15(9-10-16(14)18)27-13(3)20(24)22-17(7-5-2)21(25)26/h9-13,17H,4-8H2,1-3H3,(H,22,24)(H,25,26)/t13-,17+/m0/s1. The number of carboxylic acid groups (broad SMARTS) is 1. The van der Waals surface area contributed by atoms with Gasteiger partial charge in [-0.3, -0.25) is 4.79 Å². The van der Waals surface area contributed by atoms with Crippen LogP contribution in [-0.2, 0) is 16.0 Å². The van der Waals surface area contributed by atoms with Gasteiger partial charge in [0.25, 0.3) is 5.91 Å². The second kappa shape index (κ2) is 9.92. The number of aryl methyl sites for hydroxylation is 1. The summed E-state index contributed by atoms with van der Waals surface area (Å²) < 4.78 is 10.9. The van der Waals surface area contributed by atoms with E-state index in [2.05, 4.69) is 12.2 Å². The molecule has 0 radical (unpaired) electrons. The van der Waals surface area contributed by atoms with Gasteiger partial charge < -0.3 is 19.6 Å². The third-order valence-electron chi connectivity index (χ3n) is 4.48. The van der Waals surface area contributed by atoms with Gasteiger partial charge in [0, 0.05) is 17.5 Å².